The summed E-state index contributed by atoms with van der Waals surface area (Å²) in [6.07, 6.45) is -5.31. The maximum atomic E-state index is 11.8. The molecule has 0 bridgehead atoms. The van der Waals surface area contributed by atoms with Crippen molar-refractivity contribution in [2.45, 2.75) is 49.1 Å². The molecule has 226 valence electrons. The molecular formula is C18H23N12O11P. The van der Waals surface area contributed by atoms with E-state index in [9.17, 15) is 24.6 Å². The van der Waals surface area contributed by atoms with Crippen LogP contribution in [0.1, 0.15) is 12.5 Å². The minimum Gasteiger partial charge on any atom is -0.428 e. The van der Waals surface area contributed by atoms with Crippen LogP contribution in [-0.4, -0.2) is 93.2 Å². The topological polar surface area (TPSA) is 365 Å². The minimum absolute atomic E-state index is 0.0408. The molecule has 2 aliphatic heterocycles. The molecule has 0 unspecified atom stereocenters. The molecule has 4 rings (SSSR count). The summed E-state index contributed by atoms with van der Waals surface area (Å²) >= 11 is 0. The molecule has 8 atom stereocenters. The second-order valence-electron chi connectivity index (χ2n) is 8.27. The Bertz CT molecular complexity index is 1490. The van der Waals surface area contributed by atoms with Gasteiger partial charge in [0.1, 0.15) is 29.9 Å². The first-order chi connectivity index (χ1) is 19.9. The first-order valence-electron chi connectivity index (χ1n) is 11.4. The van der Waals surface area contributed by atoms with E-state index in [2.05, 4.69) is 34.8 Å². The summed E-state index contributed by atoms with van der Waals surface area (Å²) in [7, 11) is -3.05. The summed E-state index contributed by atoms with van der Waals surface area (Å²) < 4.78 is 17.0. The lowest BCUT2D eigenvalue weighted by Gasteiger charge is -2.17. The van der Waals surface area contributed by atoms with Gasteiger partial charge in [-0.3, -0.25) is 9.13 Å². The molecule has 2 aromatic rings. The fourth-order valence-corrected chi connectivity index (χ4v) is 4.03. The summed E-state index contributed by atoms with van der Waals surface area (Å²) in [5.41, 5.74) is 24.7. The van der Waals surface area contributed by atoms with Crippen LogP contribution in [0.4, 0.5) is 16.4 Å². The van der Waals surface area contributed by atoms with Gasteiger partial charge in [-0.05, 0) is 23.2 Å². The summed E-state index contributed by atoms with van der Waals surface area (Å²) in [6.45, 7) is -0.450. The van der Waals surface area contributed by atoms with Crippen molar-refractivity contribution in [3.63, 3.8) is 0 Å². The van der Waals surface area contributed by atoms with Gasteiger partial charge < -0.3 is 50.8 Å². The average molecular weight is 614 g/mol. The molecule has 24 heteroatoms. The summed E-state index contributed by atoms with van der Waals surface area (Å²) in [5.74, 6) is -0.0152. The van der Waals surface area contributed by atoms with Gasteiger partial charge in [0.2, 0.25) is 6.29 Å². The second kappa shape index (κ2) is 14.0. The van der Waals surface area contributed by atoms with Crippen LogP contribution in [0, 0.1) is 0 Å². The second-order valence-corrected chi connectivity index (χ2v) is 9.22. The number of anilines is 2. The molecule has 2 aromatic heterocycles. The number of nitrogens with zero attached hydrogens (tertiary/aromatic N) is 10. The molecule has 0 radical (unpaired) electrons. The van der Waals surface area contributed by atoms with E-state index in [-0.39, 0.29) is 11.6 Å². The fraction of sp³-hybridized carbons (Fsp3) is 0.500. The number of rotatable bonds is 7. The van der Waals surface area contributed by atoms with Crippen LogP contribution < -0.4 is 22.8 Å². The van der Waals surface area contributed by atoms with Gasteiger partial charge in [0.05, 0.1) is 18.8 Å². The van der Waals surface area contributed by atoms with Crippen LogP contribution in [0.2, 0.25) is 0 Å². The van der Waals surface area contributed by atoms with Crippen molar-refractivity contribution in [2.75, 3.05) is 18.1 Å². The molecule has 42 heavy (non-hydrogen) atoms. The number of nitrogens with two attached hydrogens (primary N) is 2. The number of nitrogen functional groups attached to an aromatic ring is 2. The van der Waals surface area contributed by atoms with E-state index < -0.39 is 81.2 Å². The third-order valence-corrected chi connectivity index (χ3v) is 6.15. The van der Waals surface area contributed by atoms with E-state index in [1.54, 1.807) is 0 Å². The Morgan fingerprint density at radius 2 is 1.45 bits per heavy atom. The van der Waals surface area contributed by atoms with E-state index in [1.165, 1.54) is 24.5 Å². The standard InChI is InChI=1S/C9H11N6O7P.C9H12N6O4/c10-3-1-2-15(8(17)12-3)6-5(16)4(13-14-11)7(21-6)22-9(18)23(19)20;10-5-1-2-15(9(18)12-5)8-7(17)6(13-14-11)4(3-16)19-8/h1-2,4-7,16,19-20H,(H2,10,12,17);1-2,4,6-8,16-17H,3H2,(H2,10,12,18)/t4-,5+,6+,7+;4-,6-,7-,8-/m01/s1. The summed E-state index contributed by atoms with van der Waals surface area (Å²) in [5, 5.41) is 35.9. The van der Waals surface area contributed by atoms with Gasteiger partial charge >= 0.3 is 17.1 Å². The van der Waals surface area contributed by atoms with Crippen molar-refractivity contribution in [3.8, 4) is 0 Å². The van der Waals surface area contributed by atoms with Crippen molar-refractivity contribution in [1.29, 1.82) is 0 Å². The SMILES string of the molecule is [N-]=[N+]=N[C@@H]1[C@@H](OC(=O)P(O)O)O[C@@H](n2ccc(N)nc2=O)[C@@H]1O.[N-]=[N+]=N[C@H]1[C@@H](O)[C@H](n2ccc(N)nc2=O)O[C@@H]1CO. The number of carbonyl (C=O) groups excluding carboxylic acids is 1. The molecule has 0 spiro atoms. The van der Waals surface area contributed by atoms with Crippen LogP contribution in [0.25, 0.3) is 20.9 Å². The predicted octanol–water partition coefficient (Wildman–Crippen LogP) is -2.09. The highest BCUT2D eigenvalue weighted by molar-refractivity contribution is 7.63. The zero-order chi connectivity index (χ0) is 31.1. The lowest BCUT2D eigenvalue weighted by atomic mass is 10.1. The third-order valence-electron chi connectivity index (χ3n) is 5.71. The Morgan fingerprint density at radius 3 is 1.90 bits per heavy atom. The Balaban J connectivity index is 0.000000235. The van der Waals surface area contributed by atoms with Crippen LogP contribution >= 0.6 is 8.38 Å². The molecule has 0 amide bonds. The van der Waals surface area contributed by atoms with E-state index in [4.69, 9.17) is 46.9 Å². The molecule has 2 aliphatic rings. The maximum absolute atomic E-state index is 11.8. The van der Waals surface area contributed by atoms with Crippen LogP contribution in [-0.2, 0) is 14.2 Å². The first kappa shape index (κ1) is 32.1. The molecule has 4 heterocycles. The number of aliphatic hydroxyl groups is 3. The largest absolute Gasteiger partial charge is 0.428 e. The van der Waals surface area contributed by atoms with Gasteiger partial charge in [0, 0.05) is 22.2 Å². The highest BCUT2D eigenvalue weighted by Gasteiger charge is 2.47. The Hall–Kier alpha value is -4.40. The monoisotopic (exact) mass is 614 g/mol. The van der Waals surface area contributed by atoms with Crippen molar-refractivity contribution < 1.29 is 44.1 Å². The fourth-order valence-electron chi connectivity index (χ4n) is 3.84. The van der Waals surface area contributed by atoms with E-state index in [0.29, 0.717) is 0 Å². The lowest BCUT2D eigenvalue weighted by Crippen LogP contribution is -2.35. The van der Waals surface area contributed by atoms with Gasteiger partial charge in [-0.1, -0.05) is 10.2 Å². The summed E-state index contributed by atoms with van der Waals surface area (Å²) in [4.78, 5) is 64.2. The van der Waals surface area contributed by atoms with Crippen molar-refractivity contribution in [1.82, 2.24) is 19.1 Å². The number of hydrogen-bond donors (Lipinski definition) is 7. The molecular weight excluding hydrogens is 591 g/mol. The highest BCUT2D eigenvalue weighted by atomic mass is 31.2. The molecule has 0 aliphatic carbocycles. The number of hydrogen-bond acceptors (Lipinski definition) is 17. The molecule has 2 fully saturated rings. The van der Waals surface area contributed by atoms with Gasteiger partial charge in [-0.2, -0.15) is 9.97 Å². The first-order valence-corrected chi connectivity index (χ1v) is 12.6. The van der Waals surface area contributed by atoms with Crippen molar-refractivity contribution in [3.05, 3.63) is 66.4 Å². The highest BCUT2D eigenvalue weighted by Crippen LogP contribution is 2.35. The molecule has 9 N–H and O–H groups in total. The predicted molar refractivity (Wildman–Crippen MR) is 136 cm³/mol. The Kier molecular flexibility index (Phi) is 10.7. The van der Waals surface area contributed by atoms with Gasteiger partial charge in [0.25, 0.3) is 8.38 Å². The molecule has 2 saturated heterocycles. The third kappa shape index (κ3) is 7.08. The van der Waals surface area contributed by atoms with Gasteiger partial charge in [-0.25, -0.2) is 14.4 Å². The van der Waals surface area contributed by atoms with E-state index in [0.717, 1.165) is 9.13 Å². The van der Waals surface area contributed by atoms with Crippen LogP contribution in [0.3, 0.4) is 0 Å². The normalized spacial score (nSPS) is 28.2. The van der Waals surface area contributed by atoms with Crippen molar-refractivity contribution >= 4 is 25.7 Å². The minimum atomic E-state index is -3.05. The number of carbonyl (C=O) groups is 1. The van der Waals surface area contributed by atoms with Gasteiger partial charge in [0.15, 0.2) is 12.5 Å². The number of azide groups is 2. The smallest absolute Gasteiger partial charge is 0.385 e. The van der Waals surface area contributed by atoms with Crippen molar-refractivity contribution in [2.24, 2.45) is 10.2 Å². The van der Waals surface area contributed by atoms with Gasteiger partial charge in [-0.15, -0.1) is 0 Å². The zero-order valence-corrected chi connectivity index (χ0v) is 21.8. The molecule has 0 saturated carbocycles. The molecule has 0 aromatic carbocycles. The quantitative estimate of drug-likeness (QED) is 0.0760. The number of aliphatic hydroxyl groups excluding tert-OH is 3. The Morgan fingerprint density at radius 1 is 0.976 bits per heavy atom. The lowest BCUT2D eigenvalue weighted by molar-refractivity contribution is -0.123. The van der Waals surface area contributed by atoms with E-state index in [1.807, 2.05) is 0 Å². The van der Waals surface area contributed by atoms with Crippen LogP contribution in [0.15, 0.2) is 44.3 Å². The Labute approximate surface area is 233 Å². The zero-order valence-electron chi connectivity index (χ0n) is 20.9. The van der Waals surface area contributed by atoms with E-state index >= 15 is 0 Å². The number of aromatic nitrogens is 4. The number of ether oxygens (including phenoxy) is 3. The van der Waals surface area contributed by atoms with Crippen LogP contribution in [0.5, 0.6) is 0 Å². The summed E-state index contributed by atoms with van der Waals surface area (Å²) in [6, 6.07) is 0.240. The molecule has 23 nitrogen and oxygen atoms in total. The average Bonchev–Trinajstić information content (AvgIpc) is 3.41. The maximum Gasteiger partial charge on any atom is 0.385 e.